The maximum Gasteiger partial charge on any atom is 0.248 e. The van der Waals surface area contributed by atoms with Crippen LogP contribution in [0.25, 0.3) is 0 Å². The molecule has 1 aliphatic rings. The van der Waals surface area contributed by atoms with Crippen LogP contribution in [0, 0.1) is 12.8 Å². The summed E-state index contributed by atoms with van der Waals surface area (Å²) in [6.07, 6.45) is 1.87. The highest BCUT2D eigenvalue weighted by molar-refractivity contribution is 6.31. The summed E-state index contributed by atoms with van der Waals surface area (Å²) in [5.41, 5.74) is 1.80. The second-order valence-corrected chi connectivity index (χ2v) is 6.41. The zero-order valence-electron chi connectivity index (χ0n) is 12.9. The van der Waals surface area contributed by atoms with E-state index in [1.165, 1.54) is 0 Å². The summed E-state index contributed by atoms with van der Waals surface area (Å²) in [6, 6.07) is 0.179. The lowest BCUT2D eigenvalue weighted by Gasteiger charge is -2.34. The van der Waals surface area contributed by atoms with Gasteiger partial charge in [-0.2, -0.15) is 5.10 Å². The number of rotatable bonds is 5. The van der Waals surface area contributed by atoms with Crippen molar-refractivity contribution in [2.24, 2.45) is 13.0 Å². The molecule has 1 heterocycles. The highest BCUT2D eigenvalue weighted by Gasteiger charge is 2.37. The number of nitrogens with one attached hydrogen (secondary N) is 1. The van der Waals surface area contributed by atoms with Crippen molar-refractivity contribution < 1.29 is 8.78 Å². The van der Waals surface area contributed by atoms with E-state index in [1.54, 1.807) is 4.68 Å². The lowest BCUT2D eigenvalue weighted by atomic mass is 9.80. The highest BCUT2D eigenvalue weighted by atomic mass is 35.5. The van der Waals surface area contributed by atoms with Gasteiger partial charge >= 0.3 is 0 Å². The number of likely N-dealkylation sites (N-methyl/N-ethyl adjacent to an activating group) is 1. The fraction of sp³-hybridized carbons (Fsp3) is 0.800. The Morgan fingerprint density at radius 1 is 1.43 bits per heavy atom. The molecule has 1 atom stereocenters. The summed E-state index contributed by atoms with van der Waals surface area (Å²) in [5.74, 6) is -2.20. The predicted octanol–water partition coefficient (Wildman–Crippen LogP) is 3.73. The van der Waals surface area contributed by atoms with E-state index >= 15 is 0 Å². The van der Waals surface area contributed by atoms with Crippen molar-refractivity contribution in [3.63, 3.8) is 0 Å². The SMILES string of the molecule is CCNC(Cc1c(Cl)c(C)nn1C)C1CCC(F)(F)CC1. The van der Waals surface area contributed by atoms with Crippen LogP contribution >= 0.6 is 11.6 Å². The van der Waals surface area contributed by atoms with Crippen LogP contribution in [0.2, 0.25) is 5.02 Å². The van der Waals surface area contributed by atoms with Gasteiger partial charge in [0.05, 0.1) is 16.4 Å². The van der Waals surface area contributed by atoms with Crippen LogP contribution in [0.15, 0.2) is 0 Å². The third kappa shape index (κ3) is 3.95. The average molecular weight is 320 g/mol. The summed E-state index contributed by atoms with van der Waals surface area (Å²) in [7, 11) is 1.88. The van der Waals surface area contributed by atoms with Gasteiger partial charge in [-0.05, 0) is 32.2 Å². The summed E-state index contributed by atoms with van der Waals surface area (Å²) in [6.45, 7) is 4.75. The van der Waals surface area contributed by atoms with Gasteiger partial charge in [0.1, 0.15) is 0 Å². The molecule has 0 radical (unpaired) electrons. The Kier molecular flexibility index (Phi) is 5.25. The van der Waals surface area contributed by atoms with E-state index in [0.717, 1.165) is 24.4 Å². The first-order valence-electron chi connectivity index (χ1n) is 7.63. The van der Waals surface area contributed by atoms with Gasteiger partial charge in [-0.25, -0.2) is 8.78 Å². The molecule has 1 fully saturated rings. The van der Waals surface area contributed by atoms with Crippen molar-refractivity contribution in [2.75, 3.05) is 6.54 Å². The van der Waals surface area contributed by atoms with E-state index in [4.69, 9.17) is 11.6 Å². The minimum Gasteiger partial charge on any atom is -0.314 e. The number of alkyl halides is 2. The molecule has 1 aromatic rings. The Morgan fingerprint density at radius 2 is 2.05 bits per heavy atom. The Balaban J connectivity index is 2.09. The van der Waals surface area contributed by atoms with E-state index in [2.05, 4.69) is 10.4 Å². The van der Waals surface area contributed by atoms with Crippen molar-refractivity contribution in [2.45, 2.75) is 57.9 Å². The van der Waals surface area contributed by atoms with Gasteiger partial charge in [-0.3, -0.25) is 4.68 Å². The van der Waals surface area contributed by atoms with E-state index < -0.39 is 5.92 Å². The first-order valence-corrected chi connectivity index (χ1v) is 8.01. The normalized spacial score (nSPS) is 20.7. The van der Waals surface area contributed by atoms with Crippen LogP contribution in [-0.4, -0.2) is 28.3 Å². The zero-order chi connectivity index (χ0) is 15.6. The standard InChI is InChI=1S/C15H24ClF2N3/c1-4-19-12(11-5-7-15(17,18)8-6-11)9-13-14(16)10(2)20-21(13)3/h11-12,19H,4-9H2,1-3H3. The van der Waals surface area contributed by atoms with Crippen molar-refractivity contribution in [3.05, 3.63) is 16.4 Å². The van der Waals surface area contributed by atoms with Gasteiger partial charge in [0.2, 0.25) is 5.92 Å². The average Bonchev–Trinajstić information content (AvgIpc) is 2.65. The largest absolute Gasteiger partial charge is 0.314 e. The van der Waals surface area contributed by atoms with Gasteiger partial charge in [-0.15, -0.1) is 0 Å². The first-order chi connectivity index (χ1) is 9.84. The molecule has 0 aliphatic heterocycles. The van der Waals surface area contributed by atoms with Crippen LogP contribution in [0.1, 0.15) is 44.0 Å². The van der Waals surface area contributed by atoms with Crippen molar-refractivity contribution in [3.8, 4) is 0 Å². The van der Waals surface area contributed by atoms with E-state index in [1.807, 2.05) is 20.9 Å². The molecular weight excluding hydrogens is 296 g/mol. The Hall–Kier alpha value is -0.680. The second kappa shape index (κ2) is 6.61. The second-order valence-electron chi connectivity index (χ2n) is 6.03. The van der Waals surface area contributed by atoms with Crippen LogP contribution in [-0.2, 0) is 13.5 Å². The number of nitrogens with zero attached hydrogens (tertiary/aromatic N) is 2. The van der Waals surface area contributed by atoms with Crippen molar-refractivity contribution in [1.29, 1.82) is 0 Å². The number of hydrogen-bond acceptors (Lipinski definition) is 2. The highest BCUT2D eigenvalue weighted by Crippen LogP contribution is 2.38. The molecule has 1 aromatic heterocycles. The molecule has 3 nitrogen and oxygen atoms in total. The molecule has 0 spiro atoms. The molecule has 0 saturated heterocycles. The van der Waals surface area contributed by atoms with Gasteiger partial charge in [0, 0.05) is 32.4 Å². The van der Waals surface area contributed by atoms with E-state index in [-0.39, 0.29) is 24.8 Å². The Bertz CT molecular complexity index is 478. The minimum atomic E-state index is -2.48. The predicted molar refractivity (Wildman–Crippen MR) is 81.0 cm³/mol. The molecule has 2 rings (SSSR count). The smallest absolute Gasteiger partial charge is 0.248 e. The van der Waals surface area contributed by atoms with Crippen LogP contribution in [0.3, 0.4) is 0 Å². The quantitative estimate of drug-likeness (QED) is 0.896. The molecule has 1 aliphatic carbocycles. The maximum atomic E-state index is 13.3. The first kappa shape index (κ1) is 16.7. The van der Waals surface area contributed by atoms with E-state index in [9.17, 15) is 8.78 Å². The van der Waals surface area contributed by atoms with Crippen LogP contribution in [0.4, 0.5) is 8.78 Å². The van der Waals surface area contributed by atoms with Gasteiger partial charge in [0.25, 0.3) is 0 Å². The van der Waals surface area contributed by atoms with Crippen LogP contribution in [0.5, 0.6) is 0 Å². The molecule has 1 saturated carbocycles. The minimum absolute atomic E-state index is 0.00227. The fourth-order valence-electron chi connectivity index (χ4n) is 3.24. The van der Waals surface area contributed by atoms with Gasteiger partial charge < -0.3 is 5.32 Å². The molecular formula is C15H24ClF2N3. The molecule has 120 valence electrons. The third-order valence-corrected chi connectivity index (χ3v) is 4.96. The van der Waals surface area contributed by atoms with Gasteiger partial charge in [0.15, 0.2) is 0 Å². The Morgan fingerprint density at radius 3 is 2.52 bits per heavy atom. The molecule has 0 aromatic carbocycles. The topological polar surface area (TPSA) is 29.9 Å². The lowest BCUT2D eigenvalue weighted by Crippen LogP contribution is -2.41. The third-order valence-electron chi connectivity index (χ3n) is 4.47. The lowest BCUT2D eigenvalue weighted by molar-refractivity contribution is -0.0495. The van der Waals surface area contributed by atoms with Gasteiger partial charge in [-0.1, -0.05) is 18.5 Å². The molecule has 0 amide bonds. The van der Waals surface area contributed by atoms with Crippen LogP contribution < -0.4 is 5.32 Å². The number of aromatic nitrogens is 2. The number of aryl methyl sites for hydroxylation is 2. The monoisotopic (exact) mass is 319 g/mol. The summed E-state index contributed by atoms with van der Waals surface area (Å²) in [5, 5.41) is 8.47. The Labute approximate surface area is 130 Å². The number of hydrogen-bond donors (Lipinski definition) is 1. The molecule has 1 N–H and O–H groups in total. The van der Waals surface area contributed by atoms with E-state index in [0.29, 0.717) is 17.9 Å². The summed E-state index contributed by atoms with van der Waals surface area (Å²) in [4.78, 5) is 0. The summed E-state index contributed by atoms with van der Waals surface area (Å²) >= 11 is 6.31. The summed E-state index contributed by atoms with van der Waals surface area (Å²) < 4.78 is 28.5. The fourth-order valence-corrected chi connectivity index (χ4v) is 3.48. The van der Waals surface area contributed by atoms with Crippen molar-refractivity contribution in [1.82, 2.24) is 15.1 Å². The van der Waals surface area contributed by atoms with Crippen molar-refractivity contribution >= 4 is 11.6 Å². The molecule has 21 heavy (non-hydrogen) atoms. The number of halogens is 3. The molecule has 1 unspecified atom stereocenters. The molecule has 0 bridgehead atoms. The maximum absolute atomic E-state index is 13.3. The molecule has 6 heteroatoms. The zero-order valence-corrected chi connectivity index (χ0v) is 13.7.